The molecular weight excluding hydrogens is 528 g/mol. The van der Waals surface area contributed by atoms with Crippen LogP contribution in [0.15, 0.2) is 76.0 Å². The number of hydrogen-bond donors (Lipinski definition) is 5. The second-order valence-corrected chi connectivity index (χ2v) is 10.3. The molecular formula is C30H36N4O7. The van der Waals surface area contributed by atoms with E-state index in [1.54, 1.807) is 24.3 Å². The first kappa shape index (κ1) is 30.9. The van der Waals surface area contributed by atoms with E-state index < -0.39 is 47.4 Å². The number of carboxylic acids is 1. The fraction of sp³-hybridized carbons (Fsp3) is 0.367. The molecule has 11 nitrogen and oxygen atoms in total. The van der Waals surface area contributed by atoms with Gasteiger partial charge in [0.1, 0.15) is 18.1 Å². The molecule has 41 heavy (non-hydrogen) atoms. The Morgan fingerprint density at radius 1 is 0.829 bits per heavy atom. The number of aliphatic carboxylic acids is 1. The Hall–Kier alpha value is -4.67. The molecule has 218 valence electrons. The van der Waals surface area contributed by atoms with Crippen molar-refractivity contribution in [3.05, 3.63) is 94.0 Å². The van der Waals surface area contributed by atoms with Crippen LogP contribution in [-0.2, 0) is 38.4 Å². The molecule has 3 aromatic rings. The van der Waals surface area contributed by atoms with Crippen molar-refractivity contribution in [2.45, 2.75) is 64.1 Å². The number of benzene rings is 2. The summed E-state index contributed by atoms with van der Waals surface area (Å²) < 4.78 is 4.60. The number of nitrogens with one attached hydrogen (secondary N) is 4. The predicted molar refractivity (Wildman–Crippen MR) is 151 cm³/mol. The molecule has 0 fully saturated rings. The molecule has 0 radical (unpaired) electrons. The summed E-state index contributed by atoms with van der Waals surface area (Å²) in [5, 5.41) is 20.1. The molecule has 3 rings (SSSR count). The van der Waals surface area contributed by atoms with Gasteiger partial charge in [-0.2, -0.15) is 0 Å². The first-order valence-electron chi connectivity index (χ1n) is 13.5. The summed E-state index contributed by atoms with van der Waals surface area (Å²) in [5.41, 5.74) is 1.33. The number of aryl methyl sites for hydroxylation is 1. The second kappa shape index (κ2) is 15.2. The van der Waals surface area contributed by atoms with Crippen molar-refractivity contribution in [2.24, 2.45) is 5.92 Å². The minimum atomic E-state index is -1.19. The maximum atomic E-state index is 13.5. The Kier molecular flexibility index (Phi) is 11.4. The van der Waals surface area contributed by atoms with Crippen LogP contribution in [0.5, 0.6) is 0 Å². The van der Waals surface area contributed by atoms with Crippen LogP contribution in [-0.4, -0.2) is 52.1 Å². The third-order valence-electron chi connectivity index (χ3n) is 6.38. The topological polar surface area (TPSA) is 171 Å². The zero-order chi connectivity index (χ0) is 29.8. The summed E-state index contributed by atoms with van der Waals surface area (Å²) in [6.07, 6.45) is 0.837. The van der Waals surface area contributed by atoms with E-state index >= 15 is 0 Å². The van der Waals surface area contributed by atoms with Crippen LogP contribution >= 0.6 is 0 Å². The highest BCUT2D eigenvalue weighted by molar-refractivity contribution is 5.93. The lowest BCUT2D eigenvalue weighted by Crippen LogP contribution is -2.56. The van der Waals surface area contributed by atoms with Gasteiger partial charge in [-0.3, -0.25) is 14.4 Å². The van der Waals surface area contributed by atoms with E-state index in [4.69, 9.17) is 0 Å². The van der Waals surface area contributed by atoms with Crippen molar-refractivity contribution in [2.75, 3.05) is 0 Å². The molecule has 0 spiro atoms. The Bertz CT molecular complexity index is 1350. The smallest absolute Gasteiger partial charge is 0.357 e. The number of H-pyrrole nitrogens is 1. The molecule has 0 unspecified atom stereocenters. The summed E-state index contributed by atoms with van der Waals surface area (Å²) in [4.78, 5) is 62.7. The number of hydrogen-bond acceptors (Lipinski definition) is 6. The lowest BCUT2D eigenvalue weighted by molar-refractivity contribution is -0.142. The Balaban J connectivity index is 1.73. The number of aromatic amines is 1. The van der Waals surface area contributed by atoms with Crippen LogP contribution in [0.25, 0.3) is 0 Å². The number of aromatic nitrogens is 1. The minimum Gasteiger partial charge on any atom is -0.480 e. The van der Waals surface area contributed by atoms with Gasteiger partial charge in [-0.15, -0.1) is 0 Å². The van der Waals surface area contributed by atoms with E-state index in [0.717, 1.165) is 17.2 Å². The lowest BCUT2D eigenvalue weighted by atomic mass is 10.00. The third kappa shape index (κ3) is 10.4. The van der Waals surface area contributed by atoms with Gasteiger partial charge in [-0.05, 0) is 36.3 Å². The number of carbonyl (C=O) groups excluding carboxylic acids is 3. The normalized spacial score (nSPS) is 13.1. The highest BCUT2D eigenvalue weighted by atomic mass is 16.5. The maximum absolute atomic E-state index is 13.5. The van der Waals surface area contributed by atoms with Crippen molar-refractivity contribution >= 4 is 23.7 Å². The molecule has 0 bridgehead atoms. The number of rotatable bonds is 15. The van der Waals surface area contributed by atoms with E-state index in [1.165, 1.54) is 0 Å². The van der Waals surface area contributed by atoms with E-state index in [2.05, 4.69) is 25.6 Å². The standard InChI is InChI=1S/C30H36N4O7/c1-19(2)15-24(29(38)33-25(30(39)40)16-21-11-7-4-8-12-21)32-28(37)23(14-13-20-9-5-3-6-10-20)31-26(35)17-22-18-27(36)41-34-22/h3-12,18-19,23-25,34H,13-17H2,1-2H3,(H,31,35)(H,32,37)(H,33,38)(H,39,40)/t23-,24-,25-/m0/s1. The quantitative estimate of drug-likeness (QED) is 0.188. The SMILES string of the molecule is CC(C)C[C@H](NC(=O)[C@H](CCc1ccccc1)NC(=O)Cc1cc(=O)o[nH]1)C(=O)N[C@@H](Cc1ccccc1)C(=O)O. The van der Waals surface area contributed by atoms with E-state index in [0.29, 0.717) is 6.42 Å². The molecule has 5 N–H and O–H groups in total. The van der Waals surface area contributed by atoms with E-state index in [9.17, 15) is 29.1 Å². The molecule has 11 heteroatoms. The summed E-state index contributed by atoms with van der Waals surface area (Å²) >= 11 is 0. The lowest BCUT2D eigenvalue weighted by Gasteiger charge is -2.25. The van der Waals surface area contributed by atoms with Crippen LogP contribution in [0.2, 0.25) is 0 Å². The van der Waals surface area contributed by atoms with Gasteiger partial charge in [0.2, 0.25) is 17.7 Å². The zero-order valence-corrected chi connectivity index (χ0v) is 23.1. The molecule has 0 aliphatic heterocycles. The number of carbonyl (C=O) groups is 4. The third-order valence-corrected chi connectivity index (χ3v) is 6.38. The second-order valence-electron chi connectivity index (χ2n) is 10.3. The largest absolute Gasteiger partial charge is 0.480 e. The zero-order valence-electron chi connectivity index (χ0n) is 23.1. The molecule has 1 aromatic heterocycles. The Morgan fingerprint density at radius 3 is 1.98 bits per heavy atom. The minimum absolute atomic E-state index is 0.00118. The maximum Gasteiger partial charge on any atom is 0.357 e. The molecule has 3 atom stereocenters. The summed E-state index contributed by atoms with van der Waals surface area (Å²) in [5.74, 6) is -2.92. The fourth-order valence-electron chi connectivity index (χ4n) is 4.34. The molecule has 1 heterocycles. The van der Waals surface area contributed by atoms with Crippen LogP contribution in [0.3, 0.4) is 0 Å². The summed E-state index contributed by atoms with van der Waals surface area (Å²) in [7, 11) is 0. The predicted octanol–water partition coefficient (Wildman–Crippen LogP) is 1.97. The first-order valence-corrected chi connectivity index (χ1v) is 13.5. The Labute approximate surface area is 237 Å². The summed E-state index contributed by atoms with van der Waals surface area (Å²) in [6.45, 7) is 3.76. The van der Waals surface area contributed by atoms with Crippen molar-refractivity contribution in [1.82, 2.24) is 21.1 Å². The van der Waals surface area contributed by atoms with Crippen molar-refractivity contribution in [3.63, 3.8) is 0 Å². The van der Waals surface area contributed by atoms with Gasteiger partial charge in [0.25, 0.3) is 0 Å². The average Bonchev–Trinajstić information content (AvgIpc) is 3.34. The first-order chi connectivity index (χ1) is 19.6. The van der Waals surface area contributed by atoms with E-state index in [1.807, 2.05) is 50.2 Å². The van der Waals surface area contributed by atoms with Gasteiger partial charge < -0.3 is 25.6 Å². The molecule has 0 saturated carbocycles. The van der Waals surface area contributed by atoms with Crippen LogP contribution in [0.4, 0.5) is 0 Å². The number of carboxylic acid groups (broad SMARTS) is 1. The van der Waals surface area contributed by atoms with Gasteiger partial charge >= 0.3 is 11.6 Å². The molecule has 3 amide bonds. The number of amides is 3. The van der Waals surface area contributed by atoms with Gasteiger partial charge in [0.05, 0.1) is 12.1 Å². The van der Waals surface area contributed by atoms with Gasteiger partial charge in [0, 0.05) is 12.5 Å². The molecule has 0 aliphatic rings. The van der Waals surface area contributed by atoms with Gasteiger partial charge in [0.15, 0.2) is 0 Å². The van der Waals surface area contributed by atoms with Crippen LogP contribution < -0.4 is 21.6 Å². The highest BCUT2D eigenvalue weighted by Gasteiger charge is 2.30. The van der Waals surface area contributed by atoms with Gasteiger partial charge in [-0.1, -0.05) is 74.5 Å². The van der Waals surface area contributed by atoms with E-state index in [-0.39, 0.29) is 37.3 Å². The monoisotopic (exact) mass is 564 g/mol. The molecule has 2 aromatic carbocycles. The van der Waals surface area contributed by atoms with Gasteiger partial charge in [-0.25, -0.2) is 14.7 Å². The highest BCUT2D eigenvalue weighted by Crippen LogP contribution is 2.11. The average molecular weight is 565 g/mol. The summed E-state index contributed by atoms with van der Waals surface area (Å²) in [6, 6.07) is 16.3. The van der Waals surface area contributed by atoms with Crippen LogP contribution in [0, 0.1) is 5.92 Å². The van der Waals surface area contributed by atoms with Crippen molar-refractivity contribution in [1.29, 1.82) is 0 Å². The van der Waals surface area contributed by atoms with Crippen molar-refractivity contribution < 1.29 is 28.8 Å². The van der Waals surface area contributed by atoms with Crippen molar-refractivity contribution in [3.8, 4) is 0 Å². The fourth-order valence-corrected chi connectivity index (χ4v) is 4.34. The molecule has 0 saturated heterocycles. The van der Waals surface area contributed by atoms with Crippen LogP contribution in [0.1, 0.15) is 43.5 Å². The Morgan fingerprint density at radius 2 is 1.41 bits per heavy atom. The molecule has 0 aliphatic carbocycles.